The standard InChI is InChI=1S/C31H29F4NO2.ClH/c32-12-3-13-36-17-19(18-36)14-21-8-9-22(16-28(21)34)29-24-11-10-23(31(37)38)15-20(24)4-1-5-25(29)26-6-2-7-27(33)30(26)35;/h2,6-11,15-16,19H,1,3-5,12-14,17-18H2,(H,37,38);1H. The normalized spacial score (nSPS) is 15.8. The van der Waals surface area contributed by atoms with E-state index >= 15 is 8.78 Å². The Kier molecular flexibility index (Phi) is 9.13. The van der Waals surface area contributed by atoms with Crippen molar-refractivity contribution in [2.45, 2.75) is 32.1 Å². The van der Waals surface area contributed by atoms with Crippen molar-refractivity contribution >= 4 is 29.5 Å². The lowest BCUT2D eigenvalue weighted by Crippen LogP contribution is -2.48. The number of hydrogen-bond donors (Lipinski definition) is 1. The Labute approximate surface area is 231 Å². The molecule has 39 heavy (non-hydrogen) atoms. The summed E-state index contributed by atoms with van der Waals surface area (Å²) in [7, 11) is 0. The van der Waals surface area contributed by atoms with E-state index in [9.17, 15) is 18.7 Å². The second-order valence-electron chi connectivity index (χ2n) is 10.2. The first-order valence-electron chi connectivity index (χ1n) is 13.0. The first-order chi connectivity index (χ1) is 18.4. The van der Waals surface area contributed by atoms with E-state index in [2.05, 4.69) is 4.90 Å². The van der Waals surface area contributed by atoms with E-state index in [1.165, 1.54) is 24.3 Å². The minimum absolute atomic E-state index is 0. The number of halogens is 5. The Hall–Kier alpha value is -3.16. The monoisotopic (exact) mass is 559 g/mol. The van der Waals surface area contributed by atoms with E-state index in [0.29, 0.717) is 72.4 Å². The number of aromatic carboxylic acids is 1. The van der Waals surface area contributed by atoms with Crippen LogP contribution in [0, 0.1) is 23.4 Å². The molecule has 1 N–H and O–H groups in total. The lowest BCUT2D eigenvalue weighted by Gasteiger charge is -2.39. The molecule has 2 aliphatic rings. The van der Waals surface area contributed by atoms with Crippen molar-refractivity contribution in [3.8, 4) is 0 Å². The molecule has 5 rings (SSSR count). The molecule has 1 aliphatic heterocycles. The van der Waals surface area contributed by atoms with Crippen LogP contribution in [0.1, 0.15) is 57.4 Å². The molecule has 0 amide bonds. The second-order valence-corrected chi connectivity index (χ2v) is 10.2. The van der Waals surface area contributed by atoms with Gasteiger partial charge in [-0.05, 0) is 95.7 Å². The highest BCUT2D eigenvalue weighted by Gasteiger charge is 2.28. The minimum Gasteiger partial charge on any atom is -0.478 e. The Balaban J connectivity index is 0.00000353. The number of carboxylic acid groups (broad SMARTS) is 1. The number of allylic oxidation sites excluding steroid dienone is 1. The summed E-state index contributed by atoms with van der Waals surface area (Å²) < 4.78 is 57.1. The lowest BCUT2D eigenvalue weighted by molar-refractivity contribution is 0.0696. The Morgan fingerprint density at radius 3 is 2.46 bits per heavy atom. The average Bonchev–Trinajstić information content (AvgIpc) is 3.06. The van der Waals surface area contributed by atoms with Crippen LogP contribution in [-0.2, 0) is 12.8 Å². The summed E-state index contributed by atoms with van der Waals surface area (Å²) >= 11 is 0. The molecule has 8 heteroatoms. The number of rotatable bonds is 8. The van der Waals surface area contributed by atoms with Crippen LogP contribution in [0.5, 0.6) is 0 Å². The van der Waals surface area contributed by atoms with Crippen LogP contribution in [0.2, 0.25) is 0 Å². The number of aryl methyl sites for hydroxylation is 1. The molecule has 0 bridgehead atoms. The van der Waals surface area contributed by atoms with Gasteiger partial charge in [-0.2, -0.15) is 0 Å². The van der Waals surface area contributed by atoms with E-state index in [0.717, 1.165) is 24.7 Å². The fourth-order valence-corrected chi connectivity index (χ4v) is 5.71. The van der Waals surface area contributed by atoms with Crippen molar-refractivity contribution in [1.82, 2.24) is 4.90 Å². The predicted octanol–water partition coefficient (Wildman–Crippen LogP) is 7.35. The van der Waals surface area contributed by atoms with Crippen LogP contribution in [0.15, 0.2) is 54.6 Å². The van der Waals surface area contributed by atoms with E-state index in [1.807, 2.05) is 6.07 Å². The minimum atomic E-state index is -1.05. The maximum atomic E-state index is 15.4. The first-order valence-corrected chi connectivity index (χ1v) is 13.0. The number of fused-ring (bicyclic) bond motifs is 1. The van der Waals surface area contributed by atoms with Crippen molar-refractivity contribution in [3.05, 3.63) is 105 Å². The van der Waals surface area contributed by atoms with Gasteiger partial charge in [-0.1, -0.05) is 30.3 Å². The van der Waals surface area contributed by atoms with Gasteiger partial charge in [-0.25, -0.2) is 18.0 Å². The number of hydrogen-bond acceptors (Lipinski definition) is 2. The van der Waals surface area contributed by atoms with Crippen LogP contribution in [-0.4, -0.2) is 42.3 Å². The molecule has 3 aromatic carbocycles. The summed E-state index contributed by atoms with van der Waals surface area (Å²) in [6.45, 7) is 2.00. The molecule has 1 heterocycles. The van der Waals surface area contributed by atoms with Gasteiger partial charge in [0.15, 0.2) is 11.6 Å². The molecule has 3 nitrogen and oxygen atoms in total. The molecule has 0 radical (unpaired) electrons. The van der Waals surface area contributed by atoms with Crippen molar-refractivity contribution in [2.24, 2.45) is 5.92 Å². The SMILES string of the molecule is Cl.O=C(O)c1ccc2c(c1)CCCC(c1cccc(F)c1F)=C2c1ccc(CC2CN(CCCF)C2)c(F)c1. The van der Waals surface area contributed by atoms with E-state index < -0.39 is 17.6 Å². The molecule has 0 atom stereocenters. The highest BCUT2D eigenvalue weighted by Crippen LogP contribution is 2.41. The molecule has 1 fully saturated rings. The van der Waals surface area contributed by atoms with E-state index in [1.54, 1.807) is 18.2 Å². The van der Waals surface area contributed by atoms with Crippen molar-refractivity contribution in [3.63, 3.8) is 0 Å². The topological polar surface area (TPSA) is 40.5 Å². The van der Waals surface area contributed by atoms with Crippen LogP contribution in [0.3, 0.4) is 0 Å². The molecular formula is C31H30ClF4NO2. The van der Waals surface area contributed by atoms with Gasteiger partial charge in [0.1, 0.15) is 5.82 Å². The summed E-state index contributed by atoms with van der Waals surface area (Å²) in [5.41, 5.74) is 4.02. The third-order valence-corrected chi connectivity index (χ3v) is 7.56. The van der Waals surface area contributed by atoms with E-state index in [-0.39, 0.29) is 36.0 Å². The second kappa shape index (κ2) is 12.3. The van der Waals surface area contributed by atoms with E-state index in [4.69, 9.17) is 0 Å². The zero-order chi connectivity index (χ0) is 26.8. The molecular weight excluding hydrogens is 530 g/mol. The maximum Gasteiger partial charge on any atom is 0.335 e. The fraction of sp³-hybridized carbons (Fsp3) is 0.323. The number of likely N-dealkylation sites (tertiary alicyclic amines) is 1. The Morgan fingerprint density at radius 2 is 1.74 bits per heavy atom. The Morgan fingerprint density at radius 1 is 0.949 bits per heavy atom. The van der Waals surface area contributed by atoms with Crippen LogP contribution < -0.4 is 0 Å². The molecule has 0 saturated carbocycles. The third-order valence-electron chi connectivity index (χ3n) is 7.56. The predicted molar refractivity (Wildman–Crippen MR) is 146 cm³/mol. The number of carboxylic acids is 1. The van der Waals surface area contributed by atoms with Gasteiger partial charge < -0.3 is 10.0 Å². The highest BCUT2D eigenvalue weighted by molar-refractivity contribution is 6.00. The van der Waals surface area contributed by atoms with Crippen molar-refractivity contribution < 1.29 is 27.5 Å². The number of benzene rings is 3. The van der Waals surface area contributed by atoms with Gasteiger partial charge >= 0.3 is 5.97 Å². The zero-order valence-corrected chi connectivity index (χ0v) is 22.2. The fourth-order valence-electron chi connectivity index (χ4n) is 5.71. The molecule has 0 unspecified atom stereocenters. The smallest absolute Gasteiger partial charge is 0.335 e. The lowest BCUT2D eigenvalue weighted by atomic mass is 9.85. The number of nitrogens with zero attached hydrogens (tertiary/aromatic N) is 1. The molecule has 1 aliphatic carbocycles. The molecule has 0 spiro atoms. The van der Waals surface area contributed by atoms with Gasteiger partial charge in [0.25, 0.3) is 0 Å². The van der Waals surface area contributed by atoms with Crippen LogP contribution in [0.4, 0.5) is 17.6 Å². The summed E-state index contributed by atoms with van der Waals surface area (Å²) in [5, 5.41) is 9.49. The maximum absolute atomic E-state index is 15.4. The number of alkyl halides is 1. The van der Waals surface area contributed by atoms with Crippen molar-refractivity contribution in [1.29, 1.82) is 0 Å². The van der Waals surface area contributed by atoms with Gasteiger partial charge in [-0.15, -0.1) is 12.4 Å². The van der Waals surface area contributed by atoms with Gasteiger partial charge in [0.05, 0.1) is 12.2 Å². The molecule has 206 valence electrons. The largest absolute Gasteiger partial charge is 0.478 e. The zero-order valence-electron chi connectivity index (χ0n) is 21.4. The van der Waals surface area contributed by atoms with Gasteiger partial charge in [0, 0.05) is 25.2 Å². The van der Waals surface area contributed by atoms with Crippen LogP contribution in [0.25, 0.3) is 11.1 Å². The summed E-state index contributed by atoms with van der Waals surface area (Å²) in [4.78, 5) is 13.8. The summed E-state index contributed by atoms with van der Waals surface area (Å²) in [6.07, 6.45) is 2.66. The third kappa shape index (κ3) is 6.04. The Bertz CT molecular complexity index is 1400. The summed E-state index contributed by atoms with van der Waals surface area (Å²) in [5.74, 6) is -3.02. The molecule has 0 aromatic heterocycles. The summed E-state index contributed by atoms with van der Waals surface area (Å²) in [6, 6.07) is 13.8. The molecule has 3 aromatic rings. The van der Waals surface area contributed by atoms with Gasteiger partial charge in [-0.3, -0.25) is 4.39 Å². The highest BCUT2D eigenvalue weighted by atomic mass is 35.5. The number of carbonyl (C=O) groups is 1. The first kappa shape index (κ1) is 28.8. The van der Waals surface area contributed by atoms with Crippen LogP contribution >= 0.6 is 12.4 Å². The van der Waals surface area contributed by atoms with Crippen molar-refractivity contribution in [2.75, 3.05) is 26.3 Å². The molecule has 1 saturated heterocycles. The van der Waals surface area contributed by atoms with Gasteiger partial charge in [0.2, 0.25) is 0 Å². The average molecular weight is 560 g/mol. The quantitative estimate of drug-likeness (QED) is 0.293.